The Kier molecular flexibility index (Phi) is 13.5. The van der Waals surface area contributed by atoms with E-state index in [1.165, 1.54) is 0 Å². The predicted molar refractivity (Wildman–Crippen MR) is 182 cm³/mol. The Hall–Kier alpha value is -1.70. The third-order valence-corrected chi connectivity index (χ3v) is 19.2. The summed E-state index contributed by atoms with van der Waals surface area (Å²) < 4.78 is 8.44. The molecule has 0 radical (unpaired) electrons. The van der Waals surface area contributed by atoms with Gasteiger partial charge in [0.25, 0.3) is 0 Å². The van der Waals surface area contributed by atoms with Crippen LogP contribution in [0.1, 0.15) is 117 Å². The number of amides is 1. The molecule has 0 spiro atoms. The number of carboxylic acid groups (broad SMARTS) is 1. The standard InChI is InChI=1S/C33H60N3O5PSi/c1-12-16-19-42(20-17-13-2,21-18-14-3)31(32(39)40)36-27(23-28(37)26-22-25(15-4)35(9)34-26)29(30(36)38)24(5)41-43(10,11)33(6,7)8/h22,24,27,29H,12-21,23H2,1-11H3,(H,39,40)/t24-,27+,29+/m1/s1. The molecule has 1 fully saturated rings. The van der Waals surface area contributed by atoms with Crippen LogP contribution in [0.15, 0.2) is 6.07 Å². The summed E-state index contributed by atoms with van der Waals surface area (Å²) in [6.07, 6.45) is 8.58. The van der Waals surface area contributed by atoms with Crippen molar-refractivity contribution in [2.24, 2.45) is 13.0 Å². The summed E-state index contributed by atoms with van der Waals surface area (Å²) in [5.74, 6) is -1.94. The van der Waals surface area contributed by atoms with Gasteiger partial charge in [0.05, 0.1) is 18.1 Å². The van der Waals surface area contributed by atoms with Gasteiger partial charge in [-0.15, -0.1) is 0 Å². The minimum Gasteiger partial charge on any atom is -0.477 e. The van der Waals surface area contributed by atoms with Gasteiger partial charge in [-0.1, -0.05) is 74.6 Å². The lowest BCUT2D eigenvalue weighted by molar-refractivity contribution is -0.155. The SMILES string of the molecule is CCCCP(CCCC)(CCCC)=C(C(=O)O)N1C(=O)[C@@H]([C@@H](C)O[Si](C)(C)C(C)(C)C)[C@@H]1CC(=O)c1cc(CC)n(C)n1. The maximum atomic E-state index is 14.2. The van der Waals surface area contributed by atoms with E-state index in [2.05, 4.69) is 59.7 Å². The lowest BCUT2D eigenvalue weighted by Gasteiger charge is -2.52. The molecule has 246 valence electrons. The van der Waals surface area contributed by atoms with Crippen molar-refractivity contribution < 1.29 is 23.9 Å². The molecular formula is C33H60N3O5PSi. The number of hydrogen-bond donors (Lipinski definition) is 1. The Morgan fingerprint density at radius 3 is 1.95 bits per heavy atom. The Bertz CT molecular complexity index is 1160. The average Bonchev–Trinajstić information content (AvgIpc) is 3.30. The van der Waals surface area contributed by atoms with Crippen LogP contribution in [0, 0.1) is 5.92 Å². The third-order valence-electron chi connectivity index (χ3n) is 9.77. The van der Waals surface area contributed by atoms with Crippen molar-refractivity contribution in [1.29, 1.82) is 0 Å². The Morgan fingerprint density at radius 2 is 1.56 bits per heavy atom. The smallest absolute Gasteiger partial charge is 0.352 e. The lowest BCUT2D eigenvalue weighted by Crippen LogP contribution is -2.69. The number of ketones is 1. The number of aryl methyl sites for hydroxylation is 2. The Balaban J connectivity index is 2.72. The average molecular weight is 638 g/mol. The molecule has 1 aliphatic heterocycles. The first kappa shape index (κ1) is 37.5. The lowest BCUT2D eigenvalue weighted by atomic mass is 9.80. The first-order valence-electron chi connectivity index (χ1n) is 16.6. The second kappa shape index (κ2) is 15.5. The highest BCUT2D eigenvalue weighted by atomic mass is 31.2. The third kappa shape index (κ3) is 8.52. The zero-order valence-corrected chi connectivity index (χ0v) is 30.9. The molecule has 1 aromatic rings. The molecule has 8 nitrogen and oxygen atoms in total. The van der Waals surface area contributed by atoms with Gasteiger partial charge in [0.1, 0.15) is 11.1 Å². The van der Waals surface area contributed by atoms with Gasteiger partial charge in [-0.2, -0.15) is 5.10 Å². The second-order valence-corrected chi connectivity index (χ2v) is 22.8. The van der Waals surface area contributed by atoms with Gasteiger partial charge in [-0.25, -0.2) is 4.79 Å². The molecule has 0 unspecified atom stereocenters. The number of carboxylic acids is 1. The minimum absolute atomic E-state index is 0.0356. The largest absolute Gasteiger partial charge is 0.477 e. The van der Waals surface area contributed by atoms with Crippen LogP contribution in [0.25, 0.3) is 0 Å². The number of nitrogens with zero attached hydrogens (tertiary/aromatic N) is 3. The molecule has 2 rings (SSSR count). The summed E-state index contributed by atoms with van der Waals surface area (Å²) in [4.78, 5) is 42.9. The van der Waals surface area contributed by atoms with Crippen LogP contribution < -0.4 is 0 Å². The molecule has 10 heteroatoms. The van der Waals surface area contributed by atoms with Gasteiger partial charge >= 0.3 is 5.97 Å². The summed E-state index contributed by atoms with van der Waals surface area (Å²) in [5.41, 5.74) is 1.63. The second-order valence-electron chi connectivity index (χ2n) is 14.0. The van der Waals surface area contributed by atoms with Gasteiger partial charge < -0.3 is 14.4 Å². The van der Waals surface area contributed by atoms with Crippen LogP contribution in [0.3, 0.4) is 0 Å². The van der Waals surface area contributed by atoms with E-state index in [1.54, 1.807) is 9.58 Å². The van der Waals surface area contributed by atoms with Crippen molar-refractivity contribution in [3.05, 3.63) is 17.5 Å². The first-order valence-corrected chi connectivity index (χ1v) is 21.8. The normalized spacial score (nSPS) is 18.5. The summed E-state index contributed by atoms with van der Waals surface area (Å²) in [6.45, 7) is 19.0. The van der Waals surface area contributed by atoms with Crippen LogP contribution in [0.2, 0.25) is 18.1 Å². The van der Waals surface area contributed by atoms with E-state index in [-0.39, 0.29) is 23.1 Å². The quantitative estimate of drug-likeness (QED) is 0.0778. The van der Waals surface area contributed by atoms with Gasteiger partial charge in [0, 0.05) is 19.2 Å². The molecule has 1 N–H and O–H groups in total. The first-order chi connectivity index (χ1) is 20.0. The van der Waals surface area contributed by atoms with Gasteiger partial charge in [-0.05, 0) is 75.3 Å². The van der Waals surface area contributed by atoms with Crippen molar-refractivity contribution in [2.75, 3.05) is 18.5 Å². The van der Waals surface area contributed by atoms with Crippen LogP contribution in [-0.2, 0) is 27.5 Å². The summed E-state index contributed by atoms with van der Waals surface area (Å²) in [5, 5.41) is 15.3. The van der Waals surface area contributed by atoms with Crippen LogP contribution in [-0.4, -0.2) is 81.8 Å². The zero-order valence-electron chi connectivity index (χ0n) is 29.0. The number of unbranched alkanes of at least 4 members (excludes halogenated alkanes) is 3. The zero-order chi connectivity index (χ0) is 32.8. The molecule has 0 aliphatic carbocycles. The molecule has 1 amide bonds. The number of Topliss-reactive ketones (excluding diaryl/α,β-unsaturated/α-hetero) is 1. The van der Waals surface area contributed by atoms with Gasteiger partial charge in [-0.3, -0.25) is 14.3 Å². The van der Waals surface area contributed by atoms with E-state index in [1.807, 2.05) is 27.0 Å². The fraction of sp³-hybridized carbons (Fsp3) is 0.788. The van der Waals surface area contributed by atoms with Crippen LogP contribution in [0.4, 0.5) is 0 Å². The fourth-order valence-corrected chi connectivity index (χ4v) is 12.7. The van der Waals surface area contributed by atoms with Crippen LogP contribution >= 0.6 is 6.89 Å². The molecule has 3 atom stereocenters. The highest BCUT2D eigenvalue weighted by Gasteiger charge is 2.56. The highest BCUT2D eigenvalue weighted by Crippen LogP contribution is 2.54. The molecular weight excluding hydrogens is 577 g/mol. The molecule has 0 aromatic carbocycles. The maximum absolute atomic E-state index is 14.2. The van der Waals surface area contributed by atoms with E-state index >= 15 is 0 Å². The van der Waals surface area contributed by atoms with Crippen LogP contribution in [0.5, 0.6) is 0 Å². The van der Waals surface area contributed by atoms with Crippen molar-refractivity contribution in [2.45, 2.75) is 137 Å². The number of aromatic nitrogens is 2. The van der Waals surface area contributed by atoms with Gasteiger partial charge in [0.2, 0.25) is 5.91 Å². The molecule has 2 heterocycles. The van der Waals surface area contributed by atoms with E-state index in [0.29, 0.717) is 11.1 Å². The predicted octanol–water partition coefficient (Wildman–Crippen LogP) is 7.43. The summed E-state index contributed by atoms with van der Waals surface area (Å²) in [7, 11) is -0.403. The number of β-lactam (4-membered cyclic amide) rings is 1. The molecule has 1 saturated heterocycles. The summed E-state index contributed by atoms with van der Waals surface area (Å²) in [6, 6.07) is 1.25. The monoisotopic (exact) mass is 637 g/mol. The molecule has 43 heavy (non-hydrogen) atoms. The van der Waals surface area contributed by atoms with E-state index in [9.17, 15) is 19.5 Å². The van der Waals surface area contributed by atoms with Crippen molar-refractivity contribution >= 4 is 38.3 Å². The fourth-order valence-electron chi connectivity index (χ4n) is 6.11. The number of rotatable bonds is 18. The summed E-state index contributed by atoms with van der Waals surface area (Å²) >= 11 is 0. The number of aliphatic carboxylic acids is 1. The van der Waals surface area contributed by atoms with E-state index in [0.717, 1.165) is 69.1 Å². The van der Waals surface area contributed by atoms with Gasteiger partial charge in [0.15, 0.2) is 14.1 Å². The Labute approximate surface area is 262 Å². The number of carbonyl (C=O) groups excluding carboxylic acids is 2. The minimum atomic E-state index is -2.23. The van der Waals surface area contributed by atoms with E-state index < -0.39 is 39.2 Å². The van der Waals surface area contributed by atoms with Crippen molar-refractivity contribution in [1.82, 2.24) is 14.7 Å². The number of likely N-dealkylation sites (tertiary alicyclic amines) is 1. The molecule has 0 bridgehead atoms. The van der Waals surface area contributed by atoms with Crippen molar-refractivity contribution in [3.63, 3.8) is 0 Å². The molecule has 1 aliphatic rings. The highest BCUT2D eigenvalue weighted by molar-refractivity contribution is 7.77. The maximum Gasteiger partial charge on any atom is 0.352 e. The number of carbonyl (C=O) groups is 3. The molecule has 1 aromatic heterocycles. The number of hydrogen-bond acceptors (Lipinski definition) is 5. The van der Waals surface area contributed by atoms with Crippen molar-refractivity contribution in [3.8, 4) is 0 Å². The molecule has 0 saturated carbocycles. The Morgan fingerprint density at radius 1 is 1.05 bits per heavy atom. The topological polar surface area (TPSA) is 102 Å². The van der Waals surface area contributed by atoms with E-state index in [4.69, 9.17) is 4.43 Å².